The standard InChI is InChI=1S/C16H25N3O3S/c1-12-7-8-14(16(17)20)11-19(12)10-13-5-4-6-15(9-13)23(21,22)18(2)3/h4-6,9,12,14H,7-8,10-11H2,1-3H3,(H2,17,20). The van der Waals surface area contributed by atoms with Gasteiger partial charge in [0.05, 0.1) is 10.8 Å². The number of piperidine rings is 1. The molecule has 1 aliphatic heterocycles. The van der Waals surface area contributed by atoms with E-state index in [9.17, 15) is 13.2 Å². The van der Waals surface area contributed by atoms with E-state index < -0.39 is 10.0 Å². The number of rotatable bonds is 5. The molecule has 1 amide bonds. The molecule has 1 aromatic rings. The van der Waals surface area contributed by atoms with Crippen molar-refractivity contribution in [3.05, 3.63) is 29.8 Å². The number of carbonyl (C=O) groups is 1. The monoisotopic (exact) mass is 339 g/mol. The first-order chi connectivity index (χ1) is 10.7. The van der Waals surface area contributed by atoms with E-state index in [0.29, 0.717) is 19.1 Å². The van der Waals surface area contributed by atoms with Crippen LogP contribution in [0, 0.1) is 5.92 Å². The van der Waals surface area contributed by atoms with Gasteiger partial charge >= 0.3 is 0 Å². The first kappa shape index (κ1) is 17.9. The van der Waals surface area contributed by atoms with Gasteiger partial charge in [0.2, 0.25) is 15.9 Å². The van der Waals surface area contributed by atoms with Crippen molar-refractivity contribution in [3.8, 4) is 0 Å². The number of hydrogen-bond acceptors (Lipinski definition) is 4. The minimum absolute atomic E-state index is 0.125. The summed E-state index contributed by atoms with van der Waals surface area (Å²) >= 11 is 0. The van der Waals surface area contributed by atoms with Crippen molar-refractivity contribution >= 4 is 15.9 Å². The summed E-state index contributed by atoms with van der Waals surface area (Å²) in [5.41, 5.74) is 6.35. The fourth-order valence-electron chi connectivity index (χ4n) is 2.88. The molecular weight excluding hydrogens is 314 g/mol. The number of sulfonamides is 1. The average molecular weight is 339 g/mol. The quantitative estimate of drug-likeness (QED) is 0.868. The highest BCUT2D eigenvalue weighted by molar-refractivity contribution is 7.89. The van der Waals surface area contributed by atoms with Crippen molar-refractivity contribution in [1.29, 1.82) is 0 Å². The van der Waals surface area contributed by atoms with Crippen molar-refractivity contribution in [3.63, 3.8) is 0 Å². The Morgan fingerprint density at radius 1 is 1.35 bits per heavy atom. The molecular formula is C16H25N3O3S. The van der Waals surface area contributed by atoms with Gasteiger partial charge in [0.25, 0.3) is 0 Å². The van der Waals surface area contributed by atoms with Crippen LogP contribution in [-0.2, 0) is 21.4 Å². The third-order valence-electron chi connectivity index (χ3n) is 4.48. The molecule has 0 aromatic heterocycles. The van der Waals surface area contributed by atoms with Crippen molar-refractivity contribution in [2.75, 3.05) is 20.6 Å². The molecule has 1 aromatic carbocycles. The summed E-state index contributed by atoms with van der Waals surface area (Å²) in [5.74, 6) is -0.384. The molecule has 1 heterocycles. The summed E-state index contributed by atoms with van der Waals surface area (Å²) in [7, 11) is -0.397. The topological polar surface area (TPSA) is 83.7 Å². The molecule has 1 aliphatic rings. The summed E-state index contributed by atoms with van der Waals surface area (Å²) in [6, 6.07) is 7.32. The van der Waals surface area contributed by atoms with E-state index in [-0.39, 0.29) is 16.7 Å². The van der Waals surface area contributed by atoms with Crippen LogP contribution < -0.4 is 5.73 Å². The third kappa shape index (κ3) is 4.10. The third-order valence-corrected chi connectivity index (χ3v) is 6.29. The Bertz CT molecular complexity index is 673. The van der Waals surface area contributed by atoms with Gasteiger partial charge in [0.15, 0.2) is 0 Å². The molecule has 1 saturated heterocycles. The zero-order chi connectivity index (χ0) is 17.2. The molecule has 0 saturated carbocycles. The summed E-state index contributed by atoms with van der Waals surface area (Å²) in [5, 5.41) is 0. The molecule has 7 heteroatoms. The number of hydrogen-bond donors (Lipinski definition) is 1. The highest BCUT2D eigenvalue weighted by atomic mass is 32.2. The van der Waals surface area contributed by atoms with Gasteiger partial charge in [-0.05, 0) is 37.5 Å². The Balaban J connectivity index is 2.18. The van der Waals surface area contributed by atoms with Crippen LogP contribution in [0.3, 0.4) is 0 Å². The lowest BCUT2D eigenvalue weighted by Crippen LogP contribution is -2.45. The number of nitrogens with two attached hydrogens (primary N) is 1. The Labute approximate surface area is 138 Å². The van der Waals surface area contributed by atoms with Crippen LogP contribution in [0.5, 0.6) is 0 Å². The minimum Gasteiger partial charge on any atom is -0.369 e. The Morgan fingerprint density at radius 2 is 2.04 bits per heavy atom. The van der Waals surface area contributed by atoms with Gasteiger partial charge in [-0.25, -0.2) is 12.7 Å². The number of amides is 1. The highest BCUT2D eigenvalue weighted by Gasteiger charge is 2.28. The molecule has 2 N–H and O–H groups in total. The molecule has 0 spiro atoms. The summed E-state index contributed by atoms with van der Waals surface area (Å²) in [6.45, 7) is 3.36. The molecule has 0 radical (unpaired) electrons. The maximum absolute atomic E-state index is 12.2. The molecule has 1 fully saturated rings. The first-order valence-electron chi connectivity index (χ1n) is 7.76. The molecule has 0 aliphatic carbocycles. The van der Waals surface area contributed by atoms with Gasteiger partial charge in [-0.15, -0.1) is 0 Å². The van der Waals surface area contributed by atoms with Crippen LogP contribution in [0.4, 0.5) is 0 Å². The van der Waals surface area contributed by atoms with E-state index in [1.807, 2.05) is 6.07 Å². The maximum Gasteiger partial charge on any atom is 0.242 e. The molecule has 2 rings (SSSR count). The zero-order valence-corrected chi connectivity index (χ0v) is 14.7. The van der Waals surface area contributed by atoms with Crippen LogP contribution in [0.15, 0.2) is 29.2 Å². The average Bonchev–Trinajstić information content (AvgIpc) is 2.49. The van der Waals surface area contributed by atoms with Crippen LogP contribution in [-0.4, -0.2) is 50.2 Å². The second-order valence-corrected chi connectivity index (χ2v) is 8.54. The maximum atomic E-state index is 12.2. The molecule has 0 bridgehead atoms. The number of likely N-dealkylation sites (tertiary alicyclic amines) is 1. The van der Waals surface area contributed by atoms with Crippen molar-refractivity contribution < 1.29 is 13.2 Å². The summed E-state index contributed by atoms with van der Waals surface area (Å²) in [6.07, 6.45) is 1.74. The van der Waals surface area contributed by atoms with Gasteiger partial charge in [0, 0.05) is 33.2 Å². The zero-order valence-electron chi connectivity index (χ0n) is 13.9. The second kappa shape index (κ2) is 6.98. The van der Waals surface area contributed by atoms with Gasteiger partial charge in [0.1, 0.15) is 0 Å². The van der Waals surface area contributed by atoms with Crippen LogP contribution in [0.2, 0.25) is 0 Å². The minimum atomic E-state index is -3.44. The van der Waals surface area contributed by atoms with Gasteiger partial charge < -0.3 is 5.73 Å². The van der Waals surface area contributed by atoms with E-state index in [4.69, 9.17) is 5.73 Å². The smallest absolute Gasteiger partial charge is 0.242 e. The normalized spacial score (nSPS) is 23.1. The Kier molecular flexibility index (Phi) is 5.44. The van der Waals surface area contributed by atoms with E-state index in [2.05, 4.69) is 11.8 Å². The number of primary amides is 1. The molecule has 128 valence electrons. The fourth-order valence-corrected chi connectivity index (χ4v) is 3.85. The first-order valence-corrected chi connectivity index (χ1v) is 9.20. The molecule has 2 atom stereocenters. The molecule has 2 unspecified atom stereocenters. The largest absolute Gasteiger partial charge is 0.369 e. The predicted molar refractivity (Wildman–Crippen MR) is 89.1 cm³/mol. The van der Waals surface area contributed by atoms with Crippen molar-refractivity contribution in [2.24, 2.45) is 11.7 Å². The highest BCUT2D eigenvalue weighted by Crippen LogP contribution is 2.24. The van der Waals surface area contributed by atoms with Crippen molar-refractivity contribution in [1.82, 2.24) is 9.21 Å². The molecule has 23 heavy (non-hydrogen) atoms. The van der Waals surface area contributed by atoms with Gasteiger partial charge in [-0.3, -0.25) is 9.69 Å². The van der Waals surface area contributed by atoms with Crippen LogP contribution in [0.25, 0.3) is 0 Å². The lowest BCUT2D eigenvalue weighted by Gasteiger charge is -2.36. The Morgan fingerprint density at radius 3 is 2.65 bits per heavy atom. The van der Waals surface area contributed by atoms with Crippen LogP contribution >= 0.6 is 0 Å². The SMILES string of the molecule is CC1CCC(C(N)=O)CN1Cc1cccc(S(=O)(=O)N(C)C)c1. The van der Waals surface area contributed by atoms with E-state index in [1.165, 1.54) is 18.4 Å². The lowest BCUT2D eigenvalue weighted by atomic mass is 9.92. The fraction of sp³-hybridized carbons (Fsp3) is 0.562. The number of benzene rings is 1. The van der Waals surface area contributed by atoms with E-state index >= 15 is 0 Å². The second-order valence-electron chi connectivity index (χ2n) is 6.39. The Hall–Kier alpha value is -1.44. The van der Waals surface area contributed by atoms with E-state index in [0.717, 1.165) is 18.4 Å². The predicted octanol–water partition coefficient (Wildman–Crippen LogP) is 1.02. The van der Waals surface area contributed by atoms with Crippen molar-refractivity contribution in [2.45, 2.75) is 37.2 Å². The van der Waals surface area contributed by atoms with E-state index in [1.54, 1.807) is 18.2 Å². The summed E-state index contributed by atoms with van der Waals surface area (Å²) in [4.78, 5) is 13.9. The summed E-state index contributed by atoms with van der Waals surface area (Å²) < 4.78 is 25.7. The van der Waals surface area contributed by atoms with Gasteiger partial charge in [-0.1, -0.05) is 12.1 Å². The van der Waals surface area contributed by atoms with Gasteiger partial charge in [-0.2, -0.15) is 0 Å². The van der Waals surface area contributed by atoms with Crippen LogP contribution in [0.1, 0.15) is 25.3 Å². The molecule has 6 nitrogen and oxygen atoms in total. The number of nitrogens with zero attached hydrogens (tertiary/aromatic N) is 2. The lowest BCUT2D eigenvalue weighted by molar-refractivity contribution is -0.124. The number of carbonyl (C=O) groups excluding carboxylic acids is 1.